The molecule has 1 N–H and O–H groups in total. The first-order valence-corrected chi connectivity index (χ1v) is 8.37. The van der Waals surface area contributed by atoms with Crippen LogP contribution in [0.25, 0.3) is 0 Å². The Morgan fingerprint density at radius 3 is 2.85 bits per heavy atom. The largest absolute Gasteiger partial charge is 0.300 e. The molecule has 1 saturated carbocycles. The number of thioether (sulfide) groups is 1. The van der Waals surface area contributed by atoms with E-state index in [0.717, 1.165) is 25.8 Å². The fourth-order valence-electron chi connectivity index (χ4n) is 2.94. The maximum absolute atomic E-state index is 9.52. The summed E-state index contributed by atoms with van der Waals surface area (Å²) in [6, 6.07) is 9.21. The van der Waals surface area contributed by atoms with E-state index in [1.807, 2.05) is 11.8 Å². The van der Waals surface area contributed by atoms with Crippen molar-refractivity contribution >= 4 is 11.8 Å². The second-order valence-electron chi connectivity index (χ2n) is 5.81. The van der Waals surface area contributed by atoms with Crippen molar-refractivity contribution in [1.82, 2.24) is 5.32 Å². The van der Waals surface area contributed by atoms with Crippen LogP contribution in [0.3, 0.4) is 0 Å². The number of hydrogen-bond acceptors (Lipinski definition) is 3. The standard InChI is InChI=1S/C17H24N2S/c1-4-19-17(12-18)9-5-6-16(11-17)20-15-8-7-13(2)14(3)10-15/h7-8,10,16,19H,4-6,9,11H2,1-3H3. The predicted molar refractivity (Wildman–Crippen MR) is 86.0 cm³/mol. The molecule has 2 rings (SSSR count). The van der Waals surface area contributed by atoms with E-state index in [4.69, 9.17) is 0 Å². The highest BCUT2D eigenvalue weighted by molar-refractivity contribution is 8.00. The van der Waals surface area contributed by atoms with Crippen molar-refractivity contribution in [3.05, 3.63) is 29.3 Å². The van der Waals surface area contributed by atoms with Gasteiger partial charge >= 0.3 is 0 Å². The van der Waals surface area contributed by atoms with Crippen LogP contribution in [0.5, 0.6) is 0 Å². The third-order valence-corrected chi connectivity index (χ3v) is 5.48. The van der Waals surface area contributed by atoms with Crippen molar-refractivity contribution in [2.75, 3.05) is 6.54 Å². The number of nitriles is 1. The fraction of sp³-hybridized carbons (Fsp3) is 0.588. The van der Waals surface area contributed by atoms with Crippen LogP contribution in [-0.4, -0.2) is 17.3 Å². The Morgan fingerprint density at radius 2 is 2.20 bits per heavy atom. The van der Waals surface area contributed by atoms with Gasteiger partial charge in [0.1, 0.15) is 5.54 Å². The monoisotopic (exact) mass is 288 g/mol. The summed E-state index contributed by atoms with van der Waals surface area (Å²) < 4.78 is 0. The van der Waals surface area contributed by atoms with Gasteiger partial charge in [-0.05, 0) is 69.3 Å². The zero-order valence-electron chi connectivity index (χ0n) is 12.7. The molecule has 1 aromatic rings. The minimum Gasteiger partial charge on any atom is -0.300 e. The molecule has 3 heteroatoms. The third kappa shape index (κ3) is 3.56. The lowest BCUT2D eigenvalue weighted by Gasteiger charge is -2.36. The highest BCUT2D eigenvalue weighted by Crippen LogP contribution is 2.38. The Bertz CT molecular complexity index is 502. The topological polar surface area (TPSA) is 35.8 Å². The van der Waals surface area contributed by atoms with Crippen molar-refractivity contribution in [1.29, 1.82) is 5.26 Å². The molecule has 20 heavy (non-hydrogen) atoms. The first-order valence-electron chi connectivity index (χ1n) is 7.49. The average Bonchev–Trinajstić information content (AvgIpc) is 2.44. The van der Waals surface area contributed by atoms with E-state index in [0.29, 0.717) is 5.25 Å². The predicted octanol–water partition coefficient (Wildman–Crippen LogP) is 4.21. The Hall–Kier alpha value is -0.980. The van der Waals surface area contributed by atoms with Crippen LogP contribution in [0.4, 0.5) is 0 Å². The van der Waals surface area contributed by atoms with Crippen LogP contribution in [0.1, 0.15) is 43.7 Å². The van der Waals surface area contributed by atoms with Crippen molar-refractivity contribution in [3.8, 4) is 6.07 Å². The van der Waals surface area contributed by atoms with Gasteiger partial charge in [0, 0.05) is 10.1 Å². The van der Waals surface area contributed by atoms with Gasteiger partial charge in [-0.2, -0.15) is 5.26 Å². The summed E-state index contributed by atoms with van der Waals surface area (Å²) in [6.07, 6.45) is 4.30. The van der Waals surface area contributed by atoms with E-state index in [1.165, 1.54) is 22.4 Å². The highest BCUT2D eigenvalue weighted by Gasteiger charge is 2.36. The van der Waals surface area contributed by atoms with Gasteiger partial charge in [0.15, 0.2) is 0 Å². The molecule has 0 bridgehead atoms. The minimum absolute atomic E-state index is 0.301. The molecule has 1 aliphatic carbocycles. The first-order chi connectivity index (χ1) is 9.58. The second kappa shape index (κ2) is 6.65. The number of nitrogens with zero attached hydrogens (tertiary/aromatic N) is 1. The van der Waals surface area contributed by atoms with Gasteiger partial charge < -0.3 is 0 Å². The summed E-state index contributed by atoms with van der Waals surface area (Å²) in [5, 5.41) is 13.5. The summed E-state index contributed by atoms with van der Waals surface area (Å²) in [4.78, 5) is 1.34. The third-order valence-electron chi connectivity index (χ3n) is 4.22. The van der Waals surface area contributed by atoms with Crippen molar-refractivity contribution in [3.63, 3.8) is 0 Å². The maximum Gasteiger partial charge on any atom is 0.107 e. The minimum atomic E-state index is -0.301. The van der Waals surface area contributed by atoms with Gasteiger partial charge in [-0.25, -0.2) is 0 Å². The molecular formula is C17H24N2S. The highest BCUT2D eigenvalue weighted by atomic mass is 32.2. The fourth-order valence-corrected chi connectivity index (χ4v) is 4.37. The zero-order valence-corrected chi connectivity index (χ0v) is 13.5. The molecule has 0 spiro atoms. The molecule has 0 radical (unpaired) electrons. The molecule has 0 aliphatic heterocycles. The molecule has 0 amide bonds. The maximum atomic E-state index is 9.52. The summed E-state index contributed by atoms with van der Waals surface area (Å²) in [5.74, 6) is 0. The van der Waals surface area contributed by atoms with Gasteiger partial charge in [-0.1, -0.05) is 13.0 Å². The average molecular weight is 288 g/mol. The smallest absolute Gasteiger partial charge is 0.107 e. The number of nitrogens with one attached hydrogen (secondary N) is 1. The Kier molecular flexibility index (Phi) is 5.12. The lowest BCUT2D eigenvalue weighted by molar-refractivity contribution is 0.309. The van der Waals surface area contributed by atoms with Crippen LogP contribution >= 0.6 is 11.8 Å². The quantitative estimate of drug-likeness (QED) is 0.901. The van der Waals surface area contributed by atoms with Crippen molar-refractivity contribution in [2.24, 2.45) is 0 Å². The molecular weight excluding hydrogens is 264 g/mol. The molecule has 2 unspecified atom stereocenters. The van der Waals surface area contributed by atoms with Gasteiger partial charge in [-0.15, -0.1) is 11.8 Å². The van der Waals surface area contributed by atoms with Crippen LogP contribution in [0.15, 0.2) is 23.1 Å². The second-order valence-corrected chi connectivity index (χ2v) is 7.18. The molecule has 1 aliphatic rings. The summed E-state index contributed by atoms with van der Waals surface area (Å²) >= 11 is 1.94. The number of aryl methyl sites for hydroxylation is 2. The van der Waals surface area contributed by atoms with Gasteiger partial charge in [-0.3, -0.25) is 5.32 Å². The van der Waals surface area contributed by atoms with E-state index in [1.54, 1.807) is 0 Å². The normalized spacial score (nSPS) is 26.2. The summed E-state index contributed by atoms with van der Waals surface area (Å²) in [5.41, 5.74) is 2.39. The number of benzene rings is 1. The van der Waals surface area contributed by atoms with Gasteiger partial charge in [0.2, 0.25) is 0 Å². The molecule has 108 valence electrons. The van der Waals surface area contributed by atoms with Crippen LogP contribution in [-0.2, 0) is 0 Å². The van der Waals surface area contributed by atoms with Gasteiger partial charge in [0.05, 0.1) is 6.07 Å². The van der Waals surface area contributed by atoms with Crippen LogP contribution in [0, 0.1) is 25.2 Å². The lowest BCUT2D eigenvalue weighted by atomic mass is 9.82. The van der Waals surface area contributed by atoms with E-state index in [2.05, 4.69) is 50.4 Å². The van der Waals surface area contributed by atoms with E-state index in [9.17, 15) is 5.26 Å². The molecule has 0 saturated heterocycles. The lowest BCUT2D eigenvalue weighted by Crippen LogP contribution is -2.48. The SMILES string of the molecule is CCNC1(C#N)CCCC(Sc2ccc(C)c(C)c2)C1. The zero-order chi connectivity index (χ0) is 14.6. The molecule has 2 atom stereocenters. The van der Waals surface area contributed by atoms with E-state index >= 15 is 0 Å². The Labute approximate surface area is 127 Å². The number of hydrogen-bond donors (Lipinski definition) is 1. The molecule has 0 aromatic heterocycles. The Balaban J connectivity index is 2.06. The van der Waals surface area contributed by atoms with Crippen molar-refractivity contribution < 1.29 is 0 Å². The van der Waals surface area contributed by atoms with Gasteiger partial charge in [0.25, 0.3) is 0 Å². The van der Waals surface area contributed by atoms with E-state index in [-0.39, 0.29) is 5.54 Å². The van der Waals surface area contributed by atoms with Crippen LogP contribution in [0.2, 0.25) is 0 Å². The molecule has 1 aromatic carbocycles. The van der Waals surface area contributed by atoms with Crippen molar-refractivity contribution in [2.45, 2.75) is 62.1 Å². The Morgan fingerprint density at radius 1 is 1.40 bits per heavy atom. The molecule has 2 nitrogen and oxygen atoms in total. The van der Waals surface area contributed by atoms with E-state index < -0.39 is 0 Å². The van der Waals surface area contributed by atoms with Crippen LogP contribution < -0.4 is 5.32 Å². The summed E-state index contributed by atoms with van der Waals surface area (Å²) in [7, 11) is 0. The molecule has 1 fully saturated rings. The molecule has 0 heterocycles. The number of rotatable bonds is 4. The first kappa shape index (κ1) is 15.4. The summed E-state index contributed by atoms with van der Waals surface area (Å²) in [6.45, 7) is 7.27.